The highest BCUT2D eigenvalue weighted by Gasteiger charge is 2.14. The van der Waals surface area contributed by atoms with Crippen LogP contribution in [0.3, 0.4) is 0 Å². The summed E-state index contributed by atoms with van der Waals surface area (Å²) in [7, 11) is 0. The van der Waals surface area contributed by atoms with E-state index >= 15 is 0 Å². The molecule has 4 aromatic rings. The summed E-state index contributed by atoms with van der Waals surface area (Å²) in [5.74, 6) is 1.45. The predicted octanol–water partition coefficient (Wildman–Crippen LogP) is 5.41. The Kier molecular flexibility index (Phi) is 4.09. The lowest BCUT2D eigenvalue weighted by molar-refractivity contribution is 0.486. The molecular formula is C22H19N3O. The SMILES string of the molecule is Cc1ccc(-c2nc(C)c(C)cc2Oc2ccnc3ccccc23)nc1. The van der Waals surface area contributed by atoms with Gasteiger partial charge in [0.25, 0.3) is 0 Å². The first-order chi connectivity index (χ1) is 12.6. The van der Waals surface area contributed by atoms with Crippen molar-refractivity contribution in [1.82, 2.24) is 15.0 Å². The van der Waals surface area contributed by atoms with Crippen molar-refractivity contribution in [3.05, 3.63) is 77.7 Å². The fraction of sp³-hybridized carbons (Fsp3) is 0.136. The van der Waals surface area contributed by atoms with Crippen molar-refractivity contribution >= 4 is 10.9 Å². The number of benzene rings is 1. The zero-order valence-corrected chi connectivity index (χ0v) is 15.0. The van der Waals surface area contributed by atoms with Crippen LogP contribution in [0.5, 0.6) is 11.5 Å². The zero-order valence-electron chi connectivity index (χ0n) is 15.0. The molecule has 0 unspecified atom stereocenters. The van der Waals surface area contributed by atoms with Crippen molar-refractivity contribution in [2.45, 2.75) is 20.8 Å². The average Bonchev–Trinajstić information content (AvgIpc) is 2.66. The molecule has 128 valence electrons. The third kappa shape index (κ3) is 3.02. The molecule has 0 N–H and O–H groups in total. The number of rotatable bonds is 3. The first-order valence-electron chi connectivity index (χ1n) is 8.55. The predicted molar refractivity (Wildman–Crippen MR) is 103 cm³/mol. The van der Waals surface area contributed by atoms with E-state index in [1.807, 2.05) is 75.5 Å². The quantitative estimate of drug-likeness (QED) is 0.500. The van der Waals surface area contributed by atoms with Crippen LogP contribution in [-0.4, -0.2) is 15.0 Å². The molecule has 0 saturated heterocycles. The van der Waals surface area contributed by atoms with Gasteiger partial charge in [-0.2, -0.15) is 0 Å². The molecule has 4 nitrogen and oxygen atoms in total. The summed E-state index contributed by atoms with van der Waals surface area (Å²) in [6.07, 6.45) is 3.60. The third-order valence-corrected chi connectivity index (χ3v) is 4.41. The minimum Gasteiger partial charge on any atom is -0.454 e. The van der Waals surface area contributed by atoms with Gasteiger partial charge in [-0.1, -0.05) is 18.2 Å². The minimum atomic E-state index is 0.695. The Morgan fingerprint density at radius 1 is 0.846 bits per heavy atom. The van der Waals surface area contributed by atoms with Gasteiger partial charge in [0.1, 0.15) is 11.4 Å². The molecule has 0 amide bonds. The van der Waals surface area contributed by atoms with Gasteiger partial charge in [-0.3, -0.25) is 9.97 Å². The number of aromatic nitrogens is 3. The summed E-state index contributed by atoms with van der Waals surface area (Å²) < 4.78 is 6.30. The molecule has 4 heteroatoms. The second-order valence-corrected chi connectivity index (χ2v) is 6.39. The van der Waals surface area contributed by atoms with Gasteiger partial charge in [0.05, 0.1) is 11.2 Å². The van der Waals surface area contributed by atoms with Gasteiger partial charge in [-0.05, 0) is 62.2 Å². The molecule has 0 aliphatic rings. The van der Waals surface area contributed by atoms with Crippen LogP contribution in [0, 0.1) is 20.8 Å². The van der Waals surface area contributed by atoms with Crippen LogP contribution in [0.15, 0.2) is 60.9 Å². The van der Waals surface area contributed by atoms with Gasteiger partial charge in [-0.15, -0.1) is 0 Å². The zero-order chi connectivity index (χ0) is 18.1. The molecule has 0 fully saturated rings. The van der Waals surface area contributed by atoms with Crippen molar-refractivity contribution in [3.8, 4) is 22.9 Å². The summed E-state index contributed by atoms with van der Waals surface area (Å²) in [6, 6.07) is 15.8. The minimum absolute atomic E-state index is 0.695. The van der Waals surface area contributed by atoms with Crippen LogP contribution in [0.2, 0.25) is 0 Å². The second-order valence-electron chi connectivity index (χ2n) is 6.39. The van der Waals surface area contributed by atoms with E-state index in [-0.39, 0.29) is 0 Å². The van der Waals surface area contributed by atoms with Crippen LogP contribution in [0.25, 0.3) is 22.3 Å². The lowest BCUT2D eigenvalue weighted by Crippen LogP contribution is -1.98. The summed E-state index contributed by atoms with van der Waals surface area (Å²) in [6.45, 7) is 6.05. The van der Waals surface area contributed by atoms with Gasteiger partial charge in [0, 0.05) is 23.5 Å². The van der Waals surface area contributed by atoms with Crippen LogP contribution in [0.1, 0.15) is 16.8 Å². The Morgan fingerprint density at radius 2 is 1.69 bits per heavy atom. The molecule has 0 radical (unpaired) electrons. The Morgan fingerprint density at radius 3 is 2.50 bits per heavy atom. The molecule has 1 aromatic carbocycles. The Balaban J connectivity index is 1.85. The smallest absolute Gasteiger partial charge is 0.155 e. The molecule has 26 heavy (non-hydrogen) atoms. The van der Waals surface area contributed by atoms with E-state index in [1.54, 1.807) is 6.20 Å². The Bertz CT molecular complexity index is 1080. The number of para-hydroxylation sites is 1. The summed E-state index contributed by atoms with van der Waals surface area (Å²) >= 11 is 0. The number of hydrogen-bond acceptors (Lipinski definition) is 4. The third-order valence-electron chi connectivity index (χ3n) is 4.41. The van der Waals surface area contributed by atoms with E-state index < -0.39 is 0 Å². The highest BCUT2D eigenvalue weighted by Crippen LogP contribution is 2.35. The van der Waals surface area contributed by atoms with E-state index in [9.17, 15) is 0 Å². The lowest BCUT2D eigenvalue weighted by Gasteiger charge is -2.14. The first kappa shape index (κ1) is 16.2. The van der Waals surface area contributed by atoms with Gasteiger partial charge < -0.3 is 4.74 Å². The fourth-order valence-electron chi connectivity index (χ4n) is 2.83. The van der Waals surface area contributed by atoms with Gasteiger partial charge in [-0.25, -0.2) is 4.98 Å². The molecular weight excluding hydrogens is 322 g/mol. The van der Waals surface area contributed by atoms with E-state index in [2.05, 4.69) is 9.97 Å². The Hall–Kier alpha value is -3.27. The number of fused-ring (bicyclic) bond motifs is 1. The maximum absolute atomic E-state index is 6.30. The molecule has 0 aliphatic carbocycles. The highest BCUT2D eigenvalue weighted by molar-refractivity contribution is 5.85. The molecule has 0 spiro atoms. The monoisotopic (exact) mass is 341 g/mol. The maximum Gasteiger partial charge on any atom is 0.155 e. The number of nitrogens with zero attached hydrogens (tertiary/aromatic N) is 3. The first-order valence-corrected chi connectivity index (χ1v) is 8.55. The van der Waals surface area contributed by atoms with E-state index in [4.69, 9.17) is 9.72 Å². The van der Waals surface area contributed by atoms with E-state index in [0.29, 0.717) is 5.75 Å². The van der Waals surface area contributed by atoms with Crippen LogP contribution < -0.4 is 4.74 Å². The van der Waals surface area contributed by atoms with Crippen molar-refractivity contribution in [1.29, 1.82) is 0 Å². The molecule has 0 atom stereocenters. The molecule has 3 heterocycles. The van der Waals surface area contributed by atoms with Crippen molar-refractivity contribution in [2.24, 2.45) is 0 Å². The summed E-state index contributed by atoms with van der Waals surface area (Å²) in [5.41, 5.74) is 5.60. The van der Waals surface area contributed by atoms with Crippen LogP contribution in [-0.2, 0) is 0 Å². The molecule has 3 aromatic heterocycles. The fourth-order valence-corrected chi connectivity index (χ4v) is 2.83. The van der Waals surface area contributed by atoms with Crippen LogP contribution >= 0.6 is 0 Å². The molecule has 4 rings (SSSR count). The highest BCUT2D eigenvalue weighted by atomic mass is 16.5. The van der Waals surface area contributed by atoms with E-state index in [1.165, 1.54) is 0 Å². The number of pyridine rings is 3. The van der Waals surface area contributed by atoms with Gasteiger partial charge >= 0.3 is 0 Å². The Labute approximate surface area is 152 Å². The maximum atomic E-state index is 6.30. The number of aryl methyl sites for hydroxylation is 3. The number of hydrogen-bond donors (Lipinski definition) is 0. The van der Waals surface area contributed by atoms with Crippen molar-refractivity contribution < 1.29 is 4.74 Å². The lowest BCUT2D eigenvalue weighted by atomic mass is 10.1. The molecule has 0 bridgehead atoms. The largest absolute Gasteiger partial charge is 0.454 e. The van der Waals surface area contributed by atoms with Crippen LogP contribution in [0.4, 0.5) is 0 Å². The number of ether oxygens (including phenoxy) is 1. The normalized spacial score (nSPS) is 10.9. The standard InChI is InChI=1S/C22H19N3O/c1-14-8-9-19(24-13-14)22-21(12-15(2)16(3)25-22)26-20-10-11-23-18-7-5-4-6-17(18)20/h4-13H,1-3H3. The topological polar surface area (TPSA) is 47.9 Å². The van der Waals surface area contributed by atoms with Crippen molar-refractivity contribution in [3.63, 3.8) is 0 Å². The molecule has 0 saturated carbocycles. The van der Waals surface area contributed by atoms with E-state index in [0.717, 1.165) is 44.9 Å². The summed E-state index contributed by atoms with van der Waals surface area (Å²) in [4.78, 5) is 13.7. The second kappa shape index (κ2) is 6.56. The molecule has 0 aliphatic heterocycles. The van der Waals surface area contributed by atoms with Crippen molar-refractivity contribution in [2.75, 3.05) is 0 Å². The van der Waals surface area contributed by atoms with Gasteiger partial charge in [0.15, 0.2) is 5.75 Å². The van der Waals surface area contributed by atoms with Gasteiger partial charge in [0.2, 0.25) is 0 Å². The average molecular weight is 341 g/mol. The summed E-state index contributed by atoms with van der Waals surface area (Å²) in [5, 5.41) is 0.969.